The Morgan fingerprint density at radius 2 is 1.78 bits per heavy atom. The van der Waals surface area contributed by atoms with E-state index in [0.29, 0.717) is 23.6 Å². The third-order valence-corrected chi connectivity index (χ3v) is 7.72. The van der Waals surface area contributed by atoms with Crippen LogP contribution in [0, 0.1) is 13.8 Å². The van der Waals surface area contributed by atoms with Gasteiger partial charge in [-0.05, 0) is 49.1 Å². The Labute approximate surface area is 159 Å². The van der Waals surface area contributed by atoms with Crippen molar-refractivity contribution in [1.82, 2.24) is 9.80 Å². The first-order valence-electron chi connectivity index (χ1n) is 9.51. The number of sulfone groups is 1. The van der Waals surface area contributed by atoms with E-state index >= 15 is 0 Å². The third-order valence-electron chi connectivity index (χ3n) is 5.97. The Bertz CT molecular complexity index is 1020. The summed E-state index contributed by atoms with van der Waals surface area (Å²) in [6.07, 6.45) is 0.755. The molecule has 0 spiro atoms. The fourth-order valence-corrected chi connectivity index (χ4v) is 5.97. The summed E-state index contributed by atoms with van der Waals surface area (Å²) in [6.45, 7) is 8.30. The maximum atomic E-state index is 12.0. The SMILES string of the molecule is Cc1cc2oc(=O)cc(CN3CCN([C@@H]4CCS(=O)(=O)C4)CC3)c2cc1C. The minimum atomic E-state index is -2.84. The van der Waals surface area contributed by atoms with E-state index in [9.17, 15) is 13.2 Å². The molecule has 1 atom stereocenters. The summed E-state index contributed by atoms with van der Waals surface area (Å²) >= 11 is 0. The highest BCUT2D eigenvalue weighted by Crippen LogP contribution is 2.24. The average Bonchev–Trinajstić information content (AvgIpc) is 2.97. The van der Waals surface area contributed by atoms with Crippen LogP contribution in [0.25, 0.3) is 11.0 Å². The highest BCUT2D eigenvalue weighted by atomic mass is 32.2. The first-order chi connectivity index (χ1) is 12.8. The Morgan fingerprint density at radius 3 is 2.44 bits per heavy atom. The van der Waals surface area contributed by atoms with Gasteiger partial charge in [-0.3, -0.25) is 9.80 Å². The van der Waals surface area contributed by atoms with Crippen LogP contribution in [-0.4, -0.2) is 61.9 Å². The van der Waals surface area contributed by atoms with E-state index in [4.69, 9.17) is 4.42 Å². The molecule has 6 nitrogen and oxygen atoms in total. The minimum absolute atomic E-state index is 0.173. The molecule has 4 rings (SSSR count). The van der Waals surface area contributed by atoms with Crippen molar-refractivity contribution in [2.45, 2.75) is 32.9 Å². The van der Waals surface area contributed by atoms with E-state index < -0.39 is 9.84 Å². The van der Waals surface area contributed by atoms with Crippen molar-refractivity contribution in [2.24, 2.45) is 0 Å². The van der Waals surface area contributed by atoms with E-state index in [2.05, 4.69) is 22.8 Å². The van der Waals surface area contributed by atoms with Crippen LogP contribution in [0.5, 0.6) is 0 Å². The number of benzene rings is 1. The van der Waals surface area contributed by atoms with E-state index in [1.54, 1.807) is 6.07 Å². The van der Waals surface area contributed by atoms with Crippen LogP contribution >= 0.6 is 0 Å². The summed E-state index contributed by atoms with van der Waals surface area (Å²) in [5, 5.41) is 1.00. The van der Waals surface area contributed by atoms with Crippen LogP contribution in [0.15, 0.2) is 27.4 Å². The van der Waals surface area contributed by atoms with Crippen molar-refractivity contribution in [3.8, 4) is 0 Å². The maximum Gasteiger partial charge on any atom is 0.336 e. The van der Waals surface area contributed by atoms with E-state index in [0.717, 1.165) is 49.1 Å². The van der Waals surface area contributed by atoms with Gasteiger partial charge in [-0.2, -0.15) is 0 Å². The topological polar surface area (TPSA) is 70.8 Å². The van der Waals surface area contributed by atoms with Gasteiger partial charge in [0.1, 0.15) is 5.58 Å². The predicted octanol–water partition coefficient (Wildman–Crippen LogP) is 1.71. The fourth-order valence-electron chi connectivity index (χ4n) is 4.20. The summed E-state index contributed by atoms with van der Waals surface area (Å²) < 4.78 is 28.8. The standard InChI is InChI=1S/C20H26N2O4S/c1-14-9-18-16(11-20(23)26-19(18)10-15(14)2)12-21-4-6-22(7-5-21)17-3-8-27(24,25)13-17/h9-11,17H,3-8,12-13H2,1-2H3/t17-/m1/s1. The van der Waals surface area contributed by atoms with E-state index in [1.165, 1.54) is 5.56 Å². The number of hydrogen-bond acceptors (Lipinski definition) is 6. The van der Waals surface area contributed by atoms with Gasteiger partial charge in [0, 0.05) is 50.2 Å². The van der Waals surface area contributed by atoms with Crippen molar-refractivity contribution < 1.29 is 12.8 Å². The van der Waals surface area contributed by atoms with Gasteiger partial charge >= 0.3 is 5.63 Å². The molecule has 0 radical (unpaired) electrons. The fraction of sp³-hybridized carbons (Fsp3) is 0.550. The van der Waals surface area contributed by atoms with Crippen molar-refractivity contribution in [3.05, 3.63) is 45.3 Å². The first-order valence-corrected chi connectivity index (χ1v) is 11.3. The lowest BCUT2D eigenvalue weighted by molar-refractivity contribution is 0.100. The second-order valence-electron chi connectivity index (χ2n) is 7.89. The zero-order chi connectivity index (χ0) is 19.2. The molecule has 1 aromatic carbocycles. The monoisotopic (exact) mass is 390 g/mol. The van der Waals surface area contributed by atoms with Crippen molar-refractivity contribution >= 4 is 20.8 Å². The molecule has 0 amide bonds. The van der Waals surface area contributed by atoms with Crippen molar-refractivity contribution in [1.29, 1.82) is 0 Å². The molecule has 0 bridgehead atoms. The number of nitrogens with zero attached hydrogens (tertiary/aromatic N) is 2. The smallest absolute Gasteiger partial charge is 0.336 e. The molecule has 1 aromatic heterocycles. The van der Waals surface area contributed by atoms with Gasteiger partial charge < -0.3 is 4.42 Å². The highest BCUT2D eigenvalue weighted by Gasteiger charge is 2.33. The Balaban J connectivity index is 1.48. The number of hydrogen-bond donors (Lipinski definition) is 0. The largest absolute Gasteiger partial charge is 0.423 e. The Morgan fingerprint density at radius 1 is 1.07 bits per heavy atom. The third kappa shape index (κ3) is 3.95. The van der Waals surface area contributed by atoms with Crippen molar-refractivity contribution in [2.75, 3.05) is 37.7 Å². The van der Waals surface area contributed by atoms with Gasteiger partial charge in [-0.1, -0.05) is 0 Å². The molecule has 2 fully saturated rings. The van der Waals surface area contributed by atoms with Gasteiger partial charge in [0.05, 0.1) is 11.5 Å². The zero-order valence-electron chi connectivity index (χ0n) is 15.9. The Kier molecular flexibility index (Phi) is 4.86. The lowest BCUT2D eigenvalue weighted by atomic mass is 10.0. The lowest BCUT2D eigenvalue weighted by Gasteiger charge is -2.37. The van der Waals surface area contributed by atoms with Gasteiger partial charge in [-0.25, -0.2) is 13.2 Å². The van der Waals surface area contributed by atoms with Gasteiger partial charge in [-0.15, -0.1) is 0 Å². The molecule has 2 aromatic rings. The molecule has 2 saturated heterocycles. The maximum absolute atomic E-state index is 12.0. The molecule has 2 aliphatic heterocycles. The van der Waals surface area contributed by atoms with Crippen LogP contribution in [-0.2, 0) is 16.4 Å². The zero-order valence-corrected chi connectivity index (χ0v) is 16.7. The molecular formula is C20H26N2O4S. The lowest BCUT2D eigenvalue weighted by Crippen LogP contribution is -2.50. The molecule has 0 N–H and O–H groups in total. The van der Waals surface area contributed by atoms with E-state index in [-0.39, 0.29) is 11.7 Å². The Hall–Kier alpha value is -1.70. The summed E-state index contributed by atoms with van der Waals surface area (Å²) in [5.41, 5.74) is 3.64. The molecule has 0 aliphatic carbocycles. The summed E-state index contributed by atoms with van der Waals surface area (Å²) in [4.78, 5) is 16.6. The summed E-state index contributed by atoms with van der Waals surface area (Å²) in [5.74, 6) is 0.623. The van der Waals surface area contributed by atoms with Gasteiger partial charge in [0.15, 0.2) is 9.84 Å². The number of aryl methyl sites for hydroxylation is 2. The van der Waals surface area contributed by atoms with Crippen LogP contribution in [0.4, 0.5) is 0 Å². The second kappa shape index (κ2) is 7.04. The molecule has 0 saturated carbocycles. The predicted molar refractivity (Wildman–Crippen MR) is 106 cm³/mol. The number of rotatable bonds is 3. The normalized spacial score (nSPS) is 23.9. The molecule has 2 aliphatic rings. The quantitative estimate of drug-likeness (QED) is 0.743. The minimum Gasteiger partial charge on any atom is -0.423 e. The summed E-state index contributed by atoms with van der Waals surface area (Å²) in [6, 6.07) is 5.82. The highest BCUT2D eigenvalue weighted by molar-refractivity contribution is 7.91. The van der Waals surface area contributed by atoms with Crippen molar-refractivity contribution in [3.63, 3.8) is 0 Å². The second-order valence-corrected chi connectivity index (χ2v) is 10.1. The van der Waals surface area contributed by atoms with Gasteiger partial charge in [0.25, 0.3) is 0 Å². The molecule has 3 heterocycles. The average molecular weight is 391 g/mol. The number of fused-ring (bicyclic) bond motifs is 1. The van der Waals surface area contributed by atoms with Crippen LogP contribution < -0.4 is 5.63 Å². The van der Waals surface area contributed by atoms with Crippen LogP contribution in [0.3, 0.4) is 0 Å². The van der Waals surface area contributed by atoms with Gasteiger partial charge in [0.2, 0.25) is 0 Å². The molecule has 27 heavy (non-hydrogen) atoms. The number of piperazine rings is 1. The van der Waals surface area contributed by atoms with Crippen LogP contribution in [0.1, 0.15) is 23.1 Å². The van der Waals surface area contributed by atoms with E-state index in [1.807, 2.05) is 13.0 Å². The molecule has 146 valence electrons. The molecular weight excluding hydrogens is 364 g/mol. The molecule has 0 unspecified atom stereocenters. The molecule has 7 heteroatoms. The van der Waals surface area contributed by atoms with Crippen LogP contribution in [0.2, 0.25) is 0 Å². The summed E-state index contributed by atoms with van der Waals surface area (Å²) in [7, 11) is -2.84. The first kappa shape index (κ1) is 18.7.